The summed E-state index contributed by atoms with van der Waals surface area (Å²) in [6.07, 6.45) is 0.752. The average Bonchev–Trinajstić information content (AvgIpc) is 2.28. The maximum atomic E-state index is 11.9. The number of phenols is 1. The first-order valence-electron chi connectivity index (χ1n) is 5.84. The first kappa shape index (κ1) is 13.5. The summed E-state index contributed by atoms with van der Waals surface area (Å²) >= 11 is 0. The number of amides is 1. The molecule has 0 spiro atoms. The highest BCUT2D eigenvalue weighted by Crippen LogP contribution is 2.12. The van der Waals surface area contributed by atoms with Crippen LogP contribution in [-0.4, -0.2) is 23.6 Å². The number of nitrogens with one attached hydrogen (secondary N) is 1. The van der Waals surface area contributed by atoms with Crippen LogP contribution in [-0.2, 0) is 0 Å². The van der Waals surface area contributed by atoms with E-state index in [1.54, 1.807) is 12.1 Å². The Morgan fingerprint density at radius 3 is 2.71 bits per heavy atom. The molecular weight excluding hydrogens is 216 g/mol. The molecule has 1 unspecified atom stereocenters. The van der Waals surface area contributed by atoms with Crippen molar-refractivity contribution in [2.45, 2.75) is 26.3 Å². The molecule has 4 heteroatoms. The molecule has 0 saturated carbocycles. The van der Waals surface area contributed by atoms with Crippen molar-refractivity contribution in [3.8, 4) is 5.75 Å². The molecule has 0 aliphatic rings. The quantitative estimate of drug-likeness (QED) is 0.725. The molecule has 4 nitrogen and oxygen atoms in total. The van der Waals surface area contributed by atoms with Crippen LogP contribution in [0, 0.1) is 5.92 Å². The van der Waals surface area contributed by atoms with Gasteiger partial charge in [0.2, 0.25) is 0 Å². The van der Waals surface area contributed by atoms with Crippen molar-refractivity contribution in [1.29, 1.82) is 0 Å². The van der Waals surface area contributed by atoms with Crippen molar-refractivity contribution in [1.82, 2.24) is 5.32 Å². The zero-order valence-corrected chi connectivity index (χ0v) is 10.3. The number of benzene rings is 1. The maximum absolute atomic E-state index is 11.9. The minimum absolute atomic E-state index is 0.0647. The van der Waals surface area contributed by atoms with E-state index in [4.69, 9.17) is 5.73 Å². The van der Waals surface area contributed by atoms with Crippen LogP contribution >= 0.6 is 0 Å². The Hall–Kier alpha value is -1.55. The number of rotatable bonds is 5. The molecule has 1 amide bonds. The SMILES string of the molecule is CC(C)C(CCN)NC(=O)c1cccc(O)c1. The summed E-state index contributed by atoms with van der Waals surface area (Å²) in [7, 11) is 0. The second-order valence-corrected chi connectivity index (χ2v) is 4.45. The van der Waals surface area contributed by atoms with Gasteiger partial charge < -0.3 is 16.2 Å². The van der Waals surface area contributed by atoms with Gasteiger partial charge in [0.15, 0.2) is 0 Å². The van der Waals surface area contributed by atoms with E-state index < -0.39 is 0 Å². The highest BCUT2D eigenvalue weighted by atomic mass is 16.3. The number of carbonyl (C=O) groups is 1. The van der Waals surface area contributed by atoms with Gasteiger partial charge in [-0.3, -0.25) is 4.79 Å². The lowest BCUT2D eigenvalue weighted by atomic mass is 10.0. The normalized spacial score (nSPS) is 12.5. The molecule has 0 saturated heterocycles. The monoisotopic (exact) mass is 236 g/mol. The van der Waals surface area contributed by atoms with Crippen LogP contribution in [0.1, 0.15) is 30.6 Å². The fraction of sp³-hybridized carbons (Fsp3) is 0.462. The number of hydrogen-bond donors (Lipinski definition) is 3. The van der Waals surface area contributed by atoms with E-state index in [-0.39, 0.29) is 17.7 Å². The topological polar surface area (TPSA) is 75.3 Å². The van der Waals surface area contributed by atoms with Gasteiger partial charge in [0.05, 0.1) is 0 Å². The van der Waals surface area contributed by atoms with Crippen LogP contribution in [0.3, 0.4) is 0 Å². The van der Waals surface area contributed by atoms with E-state index >= 15 is 0 Å². The Morgan fingerprint density at radius 2 is 2.18 bits per heavy atom. The molecule has 0 aliphatic heterocycles. The molecule has 0 aromatic heterocycles. The van der Waals surface area contributed by atoms with Crippen LogP contribution < -0.4 is 11.1 Å². The second-order valence-electron chi connectivity index (χ2n) is 4.45. The smallest absolute Gasteiger partial charge is 0.251 e. The fourth-order valence-electron chi connectivity index (χ4n) is 1.65. The first-order valence-corrected chi connectivity index (χ1v) is 5.84. The number of aromatic hydroxyl groups is 1. The van der Waals surface area contributed by atoms with Gasteiger partial charge in [0.1, 0.15) is 5.75 Å². The standard InChI is InChI=1S/C13H20N2O2/c1-9(2)12(6-7-14)15-13(17)10-4-3-5-11(16)8-10/h3-5,8-9,12,16H,6-7,14H2,1-2H3,(H,15,17). The third kappa shape index (κ3) is 4.07. The zero-order valence-electron chi connectivity index (χ0n) is 10.3. The average molecular weight is 236 g/mol. The predicted octanol–water partition coefficient (Wildman–Crippen LogP) is 1.50. The lowest BCUT2D eigenvalue weighted by Gasteiger charge is -2.21. The van der Waals surface area contributed by atoms with Gasteiger partial charge in [-0.1, -0.05) is 19.9 Å². The first-order chi connectivity index (χ1) is 8.04. The lowest BCUT2D eigenvalue weighted by molar-refractivity contribution is 0.0923. The molecule has 1 rings (SSSR count). The van der Waals surface area contributed by atoms with Crippen molar-refractivity contribution in [3.63, 3.8) is 0 Å². The van der Waals surface area contributed by atoms with Crippen molar-refractivity contribution < 1.29 is 9.90 Å². The summed E-state index contributed by atoms with van der Waals surface area (Å²) in [5.74, 6) is 0.255. The molecule has 0 aliphatic carbocycles. The predicted molar refractivity (Wildman–Crippen MR) is 67.9 cm³/mol. The lowest BCUT2D eigenvalue weighted by Crippen LogP contribution is -2.39. The summed E-state index contributed by atoms with van der Waals surface area (Å²) < 4.78 is 0. The van der Waals surface area contributed by atoms with Gasteiger partial charge in [0.25, 0.3) is 5.91 Å². The Kier molecular flexibility index (Phi) is 4.97. The summed E-state index contributed by atoms with van der Waals surface area (Å²) in [4.78, 5) is 11.9. The molecule has 0 fully saturated rings. The molecule has 1 atom stereocenters. The van der Waals surface area contributed by atoms with Crippen molar-refractivity contribution in [2.75, 3.05) is 6.54 Å². The van der Waals surface area contributed by atoms with E-state index in [2.05, 4.69) is 5.32 Å². The molecule has 1 aromatic rings. The Balaban J connectivity index is 2.70. The van der Waals surface area contributed by atoms with E-state index in [9.17, 15) is 9.90 Å². The molecule has 0 radical (unpaired) electrons. The number of hydrogen-bond acceptors (Lipinski definition) is 3. The van der Waals surface area contributed by atoms with E-state index in [1.807, 2.05) is 13.8 Å². The highest BCUT2D eigenvalue weighted by Gasteiger charge is 2.16. The van der Waals surface area contributed by atoms with Gasteiger partial charge >= 0.3 is 0 Å². The number of phenolic OH excluding ortho intramolecular Hbond substituents is 1. The van der Waals surface area contributed by atoms with Gasteiger partial charge in [0, 0.05) is 11.6 Å². The van der Waals surface area contributed by atoms with E-state index in [1.165, 1.54) is 12.1 Å². The third-order valence-electron chi connectivity index (χ3n) is 2.71. The minimum atomic E-state index is -0.173. The number of carbonyl (C=O) groups excluding carboxylic acids is 1. The molecular formula is C13H20N2O2. The van der Waals surface area contributed by atoms with Gasteiger partial charge in [-0.15, -0.1) is 0 Å². The molecule has 4 N–H and O–H groups in total. The molecule has 94 valence electrons. The molecule has 0 heterocycles. The highest BCUT2D eigenvalue weighted by molar-refractivity contribution is 5.94. The van der Waals surface area contributed by atoms with Gasteiger partial charge in [-0.25, -0.2) is 0 Å². The molecule has 1 aromatic carbocycles. The van der Waals surface area contributed by atoms with E-state index in [0.29, 0.717) is 18.0 Å². The van der Waals surface area contributed by atoms with Crippen LogP contribution in [0.5, 0.6) is 5.75 Å². The van der Waals surface area contributed by atoms with Crippen LogP contribution in [0.2, 0.25) is 0 Å². The van der Waals surface area contributed by atoms with Crippen LogP contribution in [0.25, 0.3) is 0 Å². The van der Waals surface area contributed by atoms with Crippen molar-refractivity contribution in [2.24, 2.45) is 11.7 Å². The van der Waals surface area contributed by atoms with Crippen molar-refractivity contribution in [3.05, 3.63) is 29.8 Å². The largest absolute Gasteiger partial charge is 0.508 e. The molecule has 17 heavy (non-hydrogen) atoms. The van der Waals surface area contributed by atoms with E-state index in [0.717, 1.165) is 6.42 Å². The second kappa shape index (κ2) is 6.25. The van der Waals surface area contributed by atoms with Crippen LogP contribution in [0.4, 0.5) is 0 Å². The zero-order chi connectivity index (χ0) is 12.8. The van der Waals surface area contributed by atoms with Crippen LogP contribution in [0.15, 0.2) is 24.3 Å². The van der Waals surface area contributed by atoms with Gasteiger partial charge in [-0.2, -0.15) is 0 Å². The summed E-state index contributed by atoms with van der Waals surface area (Å²) in [5.41, 5.74) is 5.98. The Bertz CT molecular complexity index is 377. The summed E-state index contributed by atoms with van der Waals surface area (Å²) in [5, 5.41) is 12.2. The summed E-state index contributed by atoms with van der Waals surface area (Å²) in [6.45, 7) is 4.63. The third-order valence-corrected chi connectivity index (χ3v) is 2.71. The Morgan fingerprint density at radius 1 is 1.47 bits per heavy atom. The summed E-state index contributed by atoms with van der Waals surface area (Å²) in [6, 6.07) is 6.38. The Labute approximate surface area is 102 Å². The maximum Gasteiger partial charge on any atom is 0.251 e. The molecule has 0 bridgehead atoms. The minimum Gasteiger partial charge on any atom is -0.508 e. The van der Waals surface area contributed by atoms with Gasteiger partial charge in [-0.05, 0) is 37.1 Å². The fourth-order valence-corrected chi connectivity index (χ4v) is 1.65. The number of nitrogens with two attached hydrogens (primary N) is 1. The van der Waals surface area contributed by atoms with Crippen molar-refractivity contribution >= 4 is 5.91 Å².